The molecule has 0 spiro atoms. The molecule has 2 rings (SSSR count). The molecule has 7 N–H and O–H groups in total. The van der Waals surface area contributed by atoms with Crippen LogP contribution in [0.15, 0.2) is 30.3 Å². The van der Waals surface area contributed by atoms with E-state index in [2.05, 4.69) is 20.9 Å². The maximum absolute atomic E-state index is 12.1. The zero-order valence-corrected chi connectivity index (χ0v) is 18.7. The lowest BCUT2D eigenvalue weighted by molar-refractivity contribution is -0.120. The van der Waals surface area contributed by atoms with E-state index >= 15 is 0 Å². The van der Waals surface area contributed by atoms with Gasteiger partial charge in [0.1, 0.15) is 0 Å². The van der Waals surface area contributed by atoms with Gasteiger partial charge in [0.05, 0.1) is 6.42 Å². The van der Waals surface area contributed by atoms with E-state index in [0.717, 1.165) is 81.4 Å². The Labute approximate surface area is 185 Å². The zero-order chi connectivity index (χ0) is 22.2. The highest BCUT2D eigenvalue weighted by Gasteiger charge is 2.07. The molecule has 0 bridgehead atoms. The van der Waals surface area contributed by atoms with Gasteiger partial charge in [-0.3, -0.25) is 4.79 Å². The molecule has 174 valence electrons. The van der Waals surface area contributed by atoms with Gasteiger partial charge in [0.15, 0.2) is 0 Å². The number of para-hydroxylation sites is 1. The summed E-state index contributed by atoms with van der Waals surface area (Å²) in [4.78, 5) is 15.4. The van der Waals surface area contributed by atoms with Gasteiger partial charge in [-0.05, 0) is 82.3 Å². The van der Waals surface area contributed by atoms with Crippen molar-refractivity contribution < 1.29 is 10.0 Å². The fourth-order valence-electron chi connectivity index (χ4n) is 3.43. The molecule has 0 aliphatic carbocycles. The molecular weight excluding hydrogens is 392 g/mol. The van der Waals surface area contributed by atoms with Crippen molar-refractivity contribution in [2.24, 2.45) is 5.73 Å². The minimum absolute atomic E-state index is 0.00479. The number of hydroxylamine groups is 2. The molecule has 1 amide bonds. The number of hydrogen-bond donors (Lipinski definition) is 6. The number of amides is 1. The summed E-state index contributed by atoms with van der Waals surface area (Å²) in [5.74, 6) is -0.00479. The van der Waals surface area contributed by atoms with Crippen LogP contribution in [0.4, 0.5) is 0 Å². The van der Waals surface area contributed by atoms with Crippen LogP contribution in [-0.2, 0) is 11.2 Å². The second-order valence-electron chi connectivity index (χ2n) is 7.92. The summed E-state index contributed by atoms with van der Waals surface area (Å²) in [5, 5.41) is 22.1. The monoisotopic (exact) mass is 432 g/mol. The average Bonchev–Trinajstić information content (AvgIpc) is 3.17. The number of unbranched alkanes of at least 4 members (excludes halogenated alkanes) is 1. The molecule has 1 aromatic carbocycles. The van der Waals surface area contributed by atoms with Crippen LogP contribution in [-0.4, -0.2) is 73.5 Å². The minimum Gasteiger partial charge on any atom is -0.358 e. The molecule has 8 heteroatoms. The van der Waals surface area contributed by atoms with E-state index in [1.807, 2.05) is 30.3 Å². The van der Waals surface area contributed by atoms with Crippen molar-refractivity contribution in [2.75, 3.05) is 52.4 Å². The van der Waals surface area contributed by atoms with Gasteiger partial charge < -0.3 is 31.9 Å². The quantitative estimate of drug-likeness (QED) is 0.157. The Bertz CT molecular complexity index is 703. The minimum atomic E-state index is -0.00479. The van der Waals surface area contributed by atoms with Gasteiger partial charge in [0.25, 0.3) is 0 Å². The van der Waals surface area contributed by atoms with Crippen LogP contribution < -0.4 is 21.7 Å². The third-order valence-corrected chi connectivity index (χ3v) is 5.14. The van der Waals surface area contributed by atoms with Crippen molar-refractivity contribution >= 4 is 16.8 Å². The summed E-state index contributed by atoms with van der Waals surface area (Å²) in [6.07, 6.45) is 5.31. The number of H-pyrrole nitrogens is 1. The summed E-state index contributed by atoms with van der Waals surface area (Å²) in [6, 6.07) is 10.0. The van der Waals surface area contributed by atoms with Crippen LogP contribution in [0.3, 0.4) is 0 Å². The number of hydrogen-bond acceptors (Lipinski definition) is 6. The number of carbonyl (C=O) groups excluding carboxylic acids is 1. The SMILES string of the molecule is NCCCNCCCCNCCCN(O)CCCNC(=O)Cc1cc2ccccc2[nH]1. The first-order valence-corrected chi connectivity index (χ1v) is 11.6. The van der Waals surface area contributed by atoms with E-state index in [0.29, 0.717) is 26.1 Å². The second-order valence-corrected chi connectivity index (χ2v) is 7.92. The summed E-state index contributed by atoms with van der Waals surface area (Å²) in [6.45, 7) is 6.46. The van der Waals surface area contributed by atoms with Gasteiger partial charge in [-0.1, -0.05) is 18.2 Å². The molecule has 1 aromatic heterocycles. The highest BCUT2D eigenvalue weighted by molar-refractivity contribution is 5.84. The summed E-state index contributed by atoms with van der Waals surface area (Å²) < 4.78 is 0. The molecule has 8 nitrogen and oxygen atoms in total. The molecule has 0 fully saturated rings. The van der Waals surface area contributed by atoms with E-state index < -0.39 is 0 Å². The fourth-order valence-corrected chi connectivity index (χ4v) is 3.43. The molecule has 0 saturated heterocycles. The number of nitrogens with zero attached hydrogens (tertiary/aromatic N) is 1. The molecule has 2 aromatic rings. The number of nitrogens with two attached hydrogens (primary N) is 1. The highest BCUT2D eigenvalue weighted by Crippen LogP contribution is 2.14. The number of fused-ring (bicyclic) bond motifs is 1. The number of benzene rings is 1. The van der Waals surface area contributed by atoms with Gasteiger partial charge in [0.2, 0.25) is 5.91 Å². The molecule has 0 radical (unpaired) electrons. The van der Waals surface area contributed by atoms with Crippen molar-refractivity contribution in [3.8, 4) is 0 Å². The first-order valence-electron chi connectivity index (χ1n) is 11.6. The summed E-state index contributed by atoms with van der Waals surface area (Å²) in [7, 11) is 0. The number of aromatic nitrogens is 1. The maximum atomic E-state index is 12.1. The van der Waals surface area contributed by atoms with E-state index in [4.69, 9.17) is 5.73 Å². The third-order valence-electron chi connectivity index (χ3n) is 5.14. The average molecular weight is 433 g/mol. The molecule has 0 aliphatic heterocycles. The number of rotatable bonds is 18. The lowest BCUT2D eigenvalue weighted by Crippen LogP contribution is -2.30. The first kappa shape index (κ1) is 25.3. The highest BCUT2D eigenvalue weighted by atomic mass is 16.5. The Morgan fingerprint density at radius 3 is 2.29 bits per heavy atom. The van der Waals surface area contributed by atoms with Gasteiger partial charge in [0, 0.05) is 30.8 Å². The standard InChI is InChI=1S/C23H40N6O2/c24-10-5-13-25-11-3-4-12-26-14-6-16-29(31)17-7-15-27-23(30)19-21-18-20-8-1-2-9-22(20)28-21/h1-2,8-9,18,25-26,28,31H,3-7,10-17,19,24H2,(H,27,30). The first-order chi connectivity index (χ1) is 15.2. The topological polar surface area (TPSA) is 118 Å². The van der Waals surface area contributed by atoms with Crippen molar-refractivity contribution in [1.82, 2.24) is 26.0 Å². The predicted octanol–water partition coefficient (Wildman–Crippen LogP) is 1.61. The van der Waals surface area contributed by atoms with E-state index in [-0.39, 0.29) is 5.91 Å². The molecule has 0 aliphatic rings. The van der Waals surface area contributed by atoms with Gasteiger partial charge in [-0.15, -0.1) is 0 Å². The second kappa shape index (κ2) is 15.8. The molecular formula is C23H40N6O2. The normalized spacial score (nSPS) is 11.5. The summed E-state index contributed by atoms with van der Waals surface area (Å²) >= 11 is 0. The van der Waals surface area contributed by atoms with Crippen LogP contribution >= 0.6 is 0 Å². The number of nitrogens with one attached hydrogen (secondary N) is 4. The van der Waals surface area contributed by atoms with Crippen LogP contribution in [0.1, 0.15) is 37.8 Å². The van der Waals surface area contributed by atoms with Crippen LogP contribution in [0.5, 0.6) is 0 Å². The Morgan fingerprint density at radius 2 is 1.58 bits per heavy atom. The van der Waals surface area contributed by atoms with Crippen LogP contribution in [0.2, 0.25) is 0 Å². The predicted molar refractivity (Wildman–Crippen MR) is 126 cm³/mol. The van der Waals surface area contributed by atoms with E-state index in [9.17, 15) is 10.0 Å². The van der Waals surface area contributed by atoms with Gasteiger partial charge in [-0.25, -0.2) is 0 Å². The largest absolute Gasteiger partial charge is 0.358 e. The van der Waals surface area contributed by atoms with Crippen LogP contribution in [0, 0.1) is 0 Å². The Balaban J connectivity index is 1.40. The molecule has 0 atom stereocenters. The molecule has 0 saturated carbocycles. The Hall–Kier alpha value is -1.97. The lowest BCUT2D eigenvalue weighted by Gasteiger charge is -2.15. The smallest absolute Gasteiger partial charge is 0.225 e. The van der Waals surface area contributed by atoms with Crippen molar-refractivity contribution in [1.29, 1.82) is 0 Å². The fraction of sp³-hybridized carbons (Fsp3) is 0.609. The number of carbonyl (C=O) groups is 1. The van der Waals surface area contributed by atoms with Crippen molar-refractivity contribution in [3.63, 3.8) is 0 Å². The molecule has 31 heavy (non-hydrogen) atoms. The summed E-state index contributed by atoms with van der Waals surface area (Å²) in [5.41, 5.74) is 7.41. The van der Waals surface area contributed by atoms with Crippen molar-refractivity contribution in [2.45, 2.75) is 38.5 Å². The Kier molecular flexibility index (Phi) is 12.9. The van der Waals surface area contributed by atoms with E-state index in [1.54, 1.807) is 0 Å². The lowest BCUT2D eigenvalue weighted by atomic mass is 10.2. The number of aromatic amines is 1. The zero-order valence-electron chi connectivity index (χ0n) is 18.7. The third kappa shape index (κ3) is 11.3. The molecule has 0 unspecified atom stereocenters. The van der Waals surface area contributed by atoms with Crippen LogP contribution in [0.25, 0.3) is 10.9 Å². The van der Waals surface area contributed by atoms with Gasteiger partial charge in [-0.2, -0.15) is 5.06 Å². The van der Waals surface area contributed by atoms with E-state index in [1.165, 1.54) is 5.06 Å². The Morgan fingerprint density at radius 1 is 0.935 bits per heavy atom. The maximum Gasteiger partial charge on any atom is 0.225 e. The van der Waals surface area contributed by atoms with Gasteiger partial charge >= 0.3 is 0 Å². The molecule has 1 heterocycles. The van der Waals surface area contributed by atoms with Crippen molar-refractivity contribution in [3.05, 3.63) is 36.0 Å².